The molecule has 10 heteroatoms. The van der Waals surface area contributed by atoms with E-state index in [9.17, 15) is 23.9 Å². The van der Waals surface area contributed by atoms with Crippen molar-refractivity contribution in [2.24, 2.45) is 57.7 Å². The first-order valence-electron chi connectivity index (χ1n) is 16.0. The quantitative estimate of drug-likeness (QED) is 0.371. The minimum absolute atomic E-state index is 0.0164. The predicted molar refractivity (Wildman–Crippen MR) is 153 cm³/mol. The number of ketones is 1. The standard InChI is InChI=1S/C34H45F3O7/c1-16-10-22-23-13-25(36)24-11-19(38)8-9-31(24,6)33(23,37)26(39)14-32(22,7)34(16,28(40)42-15-35)44-29(41)43-27-17(2)20-12-21(18(27)3)30(20,4)5/h8-9,11,16-18,20-23,25-27,39H,10,12-15H2,1-7H3/t16-,17-,18+,20-,21+,22+,23+,25+,26+,27?,31+,32+,33+,34+/m1/s1. The Morgan fingerprint density at radius 2 is 1.64 bits per heavy atom. The predicted octanol–water partition coefficient (Wildman–Crippen LogP) is 6.23. The van der Waals surface area contributed by atoms with Crippen molar-refractivity contribution in [3.63, 3.8) is 0 Å². The zero-order chi connectivity index (χ0) is 32.4. The van der Waals surface area contributed by atoms with Gasteiger partial charge < -0.3 is 19.3 Å². The summed E-state index contributed by atoms with van der Waals surface area (Å²) in [7, 11) is 0. The zero-order valence-electron chi connectivity index (χ0n) is 26.6. The molecule has 7 nitrogen and oxygen atoms in total. The van der Waals surface area contributed by atoms with Crippen LogP contribution < -0.4 is 0 Å². The molecule has 7 rings (SSSR count). The van der Waals surface area contributed by atoms with Crippen LogP contribution in [-0.4, -0.2) is 59.5 Å². The third-order valence-corrected chi connectivity index (χ3v) is 13.9. The summed E-state index contributed by atoms with van der Waals surface area (Å²) >= 11 is 0. The first-order chi connectivity index (χ1) is 20.4. The molecule has 0 amide bonds. The first kappa shape index (κ1) is 31.6. The van der Waals surface area contributed by atoms with Gasteiger partial charge in [-0.15, -0.1) is 0 Å². The van der Waals surface area contributed by atoms with Crippen molar-refractivity contribution in [3.05, 3.63) is 23.8 Å². The molecule has 0 heterocycles. The van der Waals surface area contributed by atoms with Crippen molar-refractivity contribution in [2.45, 2.75) is 104 Å². The van der Waals surface area contributed by atoms with Gasteiger partial charge in [0.1, 0.15) is 12.3 Å². The molecule has 0 saturated heterocycles. The summed E-state index contributed by atoms with van der Waals surface area (Å²) < 4.78 is 63.9. The molecule has 244 valence electrons. The fraction of sp³-hybridized carbons (Fsp3) is 0.794. The lowest BCUT2D eigenvalue weighted by atomic mass is 9.42. The van der Waals surface area contributed by atoms with Crippen LogP contribution in [0.1, 0.15) is 74.1 Å². The van der Waals surface area contributed by atoms with Crippen LogP contribution in [-0.2, 0) is 23.8 Å². The number of esters is 1. The average Bonchev–Trinajstić information content (AvgIpc) is 3.15. The number of hydrogen-bond donors (Lipinski definition) is 1. The van der Waals surface area contributed by atoms with E-state index in [2.05, 4.69) is 13.8 Å². The van der Waals surface area contributed by atoms with Crippen LogP contribution in [0.15, 0.2) is 23.8 Å². The van der Waals surface area contributed by atoms with Gasteiger partial charge in [-0.1, -0.05) is 47.6 Å². The summed E-state index contributed by atoms with van der Waals surface area (Å²) in [4.78, 5) is 39.6. The van der Waals surface area contributed by atoms with Crippen LogP contribution in [0.5, 0.6) is 0 Å². The van der Waals surface area contributed by atoms with E-state index >= 15 is 8.78 Å². The molecule has 6 saturated carbocycles. The molecule has 0 aliphatic heterocycles. The Hall–Kier alpha value is -2.36. The van der Waals surface area contributed by atoms with E-state index in [0.29, 0.717) is 11.8 Å². The maximum Gasteiger partial charge on any atom is 0.509 e. The number of carbonyl (C=O) groups excluding carboxylic acids is 3. The molecule has 0 spiro atoms. The second kappa shape index (κ2) is 9.82. The normalized spacial score (nSPS) is 51.6. The number of fused-ring (bicyclic) bond motifs is 7. The van der Waals surface area contributed by atoms with E-state index in [0.717, 1.165) is 12.5 Å². The average molecular weight is 623 g/mol. The number of ether oxygens (including phenoxy) is 3. The highest BCUT2D eigenvalue weighted by atomic mass is 19.1. The number of hydrogen-bond acceptors (Lipinski definition) is 7. The molecule has 6 fully saturated rings. The summed E-state index contributed by atoms with van der Waals surface area (Å²) in [5, 5.41) is 11.7. The molecule has 1 unspecified atom stereocenters. The van der Waals surface area contributed by atoms with E-state index in [1.807, 2.05) is 13.8 Å². The van der Waals surface area contributed by atoms with Crippen molar-refractivity contribution < 1.29 is 46.9 Å². The summed E-state index contributed by atoms with van der Waals surface area (Å²) in [5.74, 6) is -3.44. The number of alkyl halides is 3. The summed E-state index contributed by atoms with van der Waals surface area (Å²) in [6.07, 6.45) is -0.818. The van der Waals surface area contributed by atoms with Crippen LogP contribution in [0.4, 0.5) is 18.0 Å². The van der Waals surface area contributed by atoms with E-state index in [1.54, 1.807) is 13.8 Å². The lowest BCUT2D eigenvalue weighted by Crippen LogP contribution is -2.71. The topological polar surface area (TPSA) is 99.1 Å². The van der Waals surface area contributed by atoms with Crippen LogP contribution >= 0.6 is 0 Å². The second-order valence-electron chi connectivity index (χ2n) is 15.7. The number of aliphatic hydroxyl groups is 1. The maximum absolute atomic E-state index is 17.6. The molecule has 0 aromatic heterocycles. The molecule has 7 aliphatic rings. The molecule has 1 N–H and O–H groups in total. The highest BCUT2D eigenvalue weighted by molar-refractivity contribution is 6.01. The molecular weight excluding hydrogens is 577 g/mol. The maximum atomic E-state index is 17.6. The number of aliphatic hydroxyl groups excluding tert-OH is 1. The van der Waals surface area contributed by atoms with Crippen molar-refractivity contribution in [1.29, 1.82) is 0 Å². The zero-order valence-corrected chi connectivity index (χ0v) is 26.6. The molecular formula is C34H45F3O7. The Morgan fingerprint density at radius 3 is 2.23 bits per heavy atom. The summed E-state index contributed by atoms with van der Waals surface area (Å²) in [6.45, 7) is 11.8. The lowest BCUT2D eigenvalue weighted by molar-refractivity contribution is -0.240. The van der Waals surface area contributed by atoms with Crippen molar-refractivity contribution in [3.8, 4) is 0 Å². The molecule has 44 heavy (non-hydrogen) atoms. The Kier molecular flexibility index (Phi) is 7.06. The van der Waals surface area contributed by atoms with Crippen LogP contribution in [0.3, 0.4) is 0 Å². The number of rotatable bonds is 4. The van der Waals surface area contributed by atoms with Gasteiger partial charge in [0.2, 0.25) is 12.5 Å². The van der Waals surface area contributed by atoms with Crippen LogP contribution in [0.2, 0.25) is 0 Å². The molecule has 0 aromatic rings. The summed E-state index contributed by atoms with van der Waals surface area (Å²) in [6, 6.07) is 0. The van der Waals surface area contributed by atoms with E-state index in [1.165, 1.54) is 19.1 Å². The van der Waals surface area contributed by atoms with Gasteiger partial charge in [-0.05, 0) is 85.3 Å². The van der Waals surface area contributed by atoms with E-state index in [-0.39, 0.29) is 42.1 Å². The van der Waals surface area contributed by atoms with Gasteiger partial charge in [-0.2, -0.15) is 0 Å². The van der Waals surface area contributed by atoms with Crippen molar-refractivity contribution in [1.82, 2.24) is 0 Å². The number of halogens is 3. The minimum Gasteiger partial charge on any atom is -0.431 e. The minimum atomic E-state index is -2.39. The molecule has 2 bridgehead atoms. The third kappa shape index (κ3) is 3.69. The van der Waals surface area contributed by atoms with Crippen molar-refractivity contribution >= 4 is 17.9 Å². The van der Waals surface area contributed by atoms with Gasteiger partial charge in [0, 0.05) is 22.7 Å². The second-order valence-corrected chi connectivity index (χ2v) is 15.7. The molecule has 0 aromatic carbocycles. The molecule has 14 atom stereocenters. The first-order valence-corrected chi connectivity index (χ1v) is 16.0. The van der Waals surface area contributed by atoms with Gasteiger partial charge in [0.15, 0.2) is 11.5 Å². The Labute approximate surface area is 256 Å². The largest absolute Gasteiger partial charge is 0.509 e. The van der Waals surface area contributed by atoms with Crippen molar-refractivity contribution in [2.75, 3.05) is 6.86 Å². The van der Waals surface area contributed by atoms with Crippen LogP contribution in [0, 0.1) is 57.7 Å². The Bertz CT molecular complexity index is 1310. The van der Waals surface area contributed by atoms with Gasteiger partial charge >= 0.3 is 12.1 Å². The number of allylic oxidation sites excluding steroid dienone is 4. The SMILES string of the molecule is C[C@@H]1C(OC(=O)O[C@]2(C(=O)OCF)[C@H](C)C[C@H]3[C@@H]4C[C@H](F)C5=CC(=O)C=C[C@]5(C)[C@@]4(F)[C@@H](O)C[C@@]32C)[C@H](C)[C@H]2C[C@@H]1C2(C)C. The monoisotopic (exact) mass is 622 g/mol. The van der Waals surface area contributed by atoms with Crippen LogP contribution in [0.25, 0.3) is 0 Å². The lowest BCUT2D eigenvalue weighted by Gasteiger charge is -2.64. The fourth-order valence-corrected chi connectivity index (χ4v) is 11.6. The van der Waals surface area contributed by atoms with Gasteiger partial charge in [0.05, 0.1) is 6.10 Å². The fourth-order valence-electron chi connectivity index (χ4n) is 11.6. The van der Waals surface area contributed by atoms with E-state index < -0.39 is 83.0 Å². The highest BCUT2D eigenvalue weighted by Gasteiger charge is 2.79. The van der Waals surface area contributed by atoms with E-state index in [4.69, 9.17) is 14.2 Å². The smallest absolute Gasteiger partial charge is 0.431 e. The molecule has 0 radical (unpaired) electrons. The van der Waals surface area contributed by atoms with Gasteiger partial charge in [-0.3, -0.25) is 4.79 Å². The summed E-state index contributed by atoms with van der Waals surface area (Å²) in [5.41, 5.74) is -7.46. The Morgan fingerprint density at radius 1 is 1.00 bits per heavy atom. The van der Waals surface area contributed by atoms with Gasteiger partial charge in [0.25, 0.3) is 0 Å². The third-order valence-electron chi connectivity index (χ3n) is 13.9. The number of carbonyl (C=O) groups is 3. The van der Waals surface area contributed by atoms with Gasteiger partial charge in [-0.25, -0.2) is 22.8 Å². The Balaban J connectivity index is 1.36. The molecule has 7 aliphatic carbocycles. The highest BCUT2D eigenvalue weighted by Crippen LogP contribution is 2.72.